The van der Waals surface area contributed by atoms with Crippen LogP contribution in [0.4, 0.5) is 5.69 Å². The first-order valence-electron chi connectivity index (χ1n) is 12.1. The van der Waals surface area contributed by atoms with Crippen molar-refractivity contribution in [3.63, 3.8) is 0 Å². The van der Waals surface area contributed by atoms with E-state index in [2.05, 4.69) is 38.3 Å². The molecule has 0 amide bonds. The number of carbonyl (C=O) groups is 1. The number of carbonyl (C=O) groups excluding carboxylic acids is 1. The zero-order valence-electron chi connectivity index (χ0n) is 20.7. The van der Waals surface area contributed by atoms with Crippen LogP contribution in [0.1, 0.15) is 44.9 Å². The molecule has 2 aromatic heterocycles. The molecule has 1 unspecified atom stereocenters. The van der Waals surface area contributed by atoms with Crippen LogP contribution in [0, 0.1) is 5.41 Å². The van der Waals surface area contributed by atoms with Gasteiger partial charge in [0.1, 0.15) is 5.75 Å². The lowest BCUT2D eigenvalue weighted by Gasteiger charge is -2.32. The van der Waals surface area contributed by atoms with Crippen LogP contribution in [0.2, 0.25) is 0 Å². The number of hydrogen-bond acceptors (Lipinski definition) is 7. The summed E-state index contributed by atoms with van der Waals surface area (Å²) in [6.07, 6.45) is 0. The first-order chi connectivity index (χ1) is 17.2. The maximum Gasteiger partial charge on any atom is 0.348 e. The van der Waals surface area contributed by atoms with E-state index in [1.165, 1.54) is 4.57 Å². The lowest BCUT2D eigenvalue weighted by atomic mass is 9.91. The van der Waals surface area contributed by atoms with Crippen molar-refractivity contribution in [2.24, 2.45) is 5.41 Å². The Kier molecular flexibility index (Phi) is 5.04. The largest absolute Gasteiger partial charge is 0.425 e. The Bertz CT molecular complexity index is 1550. The van der Waals surface area contributed by atoms with Gasteiger partial charge in [-0.15, -0.1) is 0 Å². The molecule has 1 atom stereocenters. The number of anilines is 1. The predicted octanol–water partition coefficient (Wildman–Crippen LogP) is 3.36. The second-order valence-corrected chi connectivity index (χ2v) is 10.4. The normalized spacial score (nSPS) is 17.3. The van der Waals surface area contributed by atoms with E-state index in [1.54, 1.807) is 26.8 Å². The van der Waals surface area contributed by atoms with Crippen molar-refractivity contribution < 1.29 is 14.3 Å². The second-order valence-electron chi connectivity index (χ2n) is 10.4. The third kappa shape index (κ3) is 3.51. The summed E-state index contributed by atoms with van der Waals surface area (Å²) in [5, 5.41) is 15.6. The van der Waals surface area contributed by atoms with Crippen LogP contribution >= 0.6 is 0 Å². The van der Waals surface area contributed by atoms with Gasteiger partial charge < -0.3 is 14.4 Å². The summed E-state index contributed by atoms with van der Waals surface area (Å²) in [7, 11) is 0. The second kappa shape index (κ2) is 8.06. The molecule has 2 N–H and O–H groups in total. The van der Waals surface area contributed by atoms with E-state index >= 15 is 0 Å². The van der Waals surface area contributed by atoms with E-state index in [9.17, 15) is 9.59 Å². The molecule has 2 aromatic carbocycles. The van der Waals surface area contributed by atoms with Crippen LogP contribution in [0.15, 0.2) is 35.1 Å². The Labute approximate surface area is 207 Å². The molecule has 186 valence electrons. The topological polar surface area (TPSA) is 118 Å². The maximum atomic E-state index is 13.0. The number of nitrogens with one attached hydrogen (secondary N) is 2. The summed E-state index contributed by atoms with van der Waals surface area (Å²) in [6, 6.07) is 9.66. The van der Waals surface area contributed by atoms with Gasteiger partial charge in [0.05, 0.1) is 41.1 Å². The zero-order chi connectivity index (χ0) is 25.2. The molecule has 4 bridgehead atoms. The highest BCUT2D eigenvalue weighted by Gasteiger charge is 2.30. The number of rotatable bonds is 2. The van der Waals surface area contributed by atoms with Crippen LogP contribution in [0.5, 0.6) is 5.75 Å². The Balaban J connectivity index is 1.61. The number of aromatic amines is 2. The Hall–Kier alpha value is -3.92. The molecule has 4 heterocycles. The third-order valence-corrected chi connectivity index (χ3v) is 6.93. The fraction of sp³-hybridized carbons (Fsp3) is 0.385. The van der Waals surface area contributed by atoms with Crippen LogP contribution in [-0.2, 0) is 9.53 Å². The SMILES string of the molecule is CC1c2cc(ccc2N2CCOCC2)-n2c(n[nH]c2=O)-c2cc3c1[nH]nc3cc2OC(=O)C(C)(C)C. The first-order valence-corrected chi connectivity index (χ1v) is 12.1. The zero-order valence-corrected chi connectivity index (χ0v) is 20.7. The van der Waals surface area contributed by atoms with Crippen LogP contribution in [0.25, 0.3) is 28.0 Å². The maximum absolute atomic E-state index is 13.0. The summed E-state index contributed by atoms with van der Waals surface area (Å²) in [5.41, 5.74) is 3.93. The highest BCUT2D eigenvalue weighted by atomic mass is 16.5. The minimum atomic E-state index is -0.710. The number of aromatic nitrogens is 5. The Morgan fingerprint density at radius 1 is 1.11 bits per heavy atom. The van der Waals surface area contributed by atoms with Gasteiger partial charge in [-0.05, 0) is 50.6 Å². The molecule has 2 aliphatic rings. The van der Waals surface area contributed by atoms with E-state index in [0.717, 1.165) is 35.4 Å². The molecule has 10 heteroatoms. The van der Waals surface area contributed by atoms with Gasteiger partial charge in [0.2, 0.25) is 0 Å². The minimum Gasteiger partial charge on any atom is -0.425 e. The molecule has 36 heavy (non-hydrogen) atoms. The predicted molar refractivity (Wildman–Crippen MR) is 135 cm³/mol. The molecular formula is C26H28N6O4. The number of esters is 1. The van der Waals surface area contributed by atoms with Gasteiger partial charge in [-0.2, -0.15) is 10.2 Å². The van der Waals surface area contributed by atoms with E-state index in [4.69, 9.17) is 9.47 Å². The van der Waals surface area contributed by atoms with Gasteiger partial charge in [-0.3, -0.25) is 9.89 Å². The summed E-state index contributed by atoms with van der Waals surface area (Å²) >= 11 is 0. The molecule has 0 spiro atoms. The summed E-state index contributed by atoms with van der Waals surface area (Å²) in [6.45, 7) is 10.5. The van der Waals surface area contributed by atoms with Crippen molar-refractivity contribution in [1.82, 2.24) is 25.0 Å². The molecule has 6 rings (SSSR count). The van der Waals surface area contributed by atoms with E-state index in [1.807, 2.05) is 18.2 Å². The van der Waals surface area contributed by atoms with E-state index in [-0.39, 0.29) is 17.6 Å². The number of H-pyrrole nitrogens is 2. The van der Waals surface area contributed by atoms with Gasteiger partial charge in [0, 0.05) is 36.1 Å². The average molecular weight is 489 g/mol. The van der Waals surface area contributed by atoms with Crippen molar-refractivity contribution in [3.8, 4) is 22.8 Å². The van der Waals surface area contributed by atoms with Gasteiger partial charge in [-0.1, -0.05) is 6.92 Å². The number of ether oxygens (including phenoxy) is 2. The van der Waals surface area contributed by atoms with Crippen molar-refractivity contribution in [2.75, 3.05) is 31.2 Å². The van der Waals surface area contributed by atoms with Gasteiger partial charge in [0.25, 0.3) is 0 Å². The highest BCUT2D eigenvalue weighted by Crippen LogP contribution is 2.41. The highest BCUT2D eigenvalue weighted by molar-refractivity contribution is 5.92. The molecule has 1 fully saturated rings. The molecule has 10 nitrogen and oxygen atoms in total. The van der Waals surface area contributed by atoms with Gasteiger partial charge >= 0.3 is 11.7 Å². The third-order valence-electron chi connectivity index (χ3n) is 6.93. The molecule has 0 saturated carbocycles. The van der Waals surface area contributed by atoms with E-state index in [0.29, 0.717) is 41.6 Å². The standard InChI is InChI=1S/C26H28N6O4/c1-14-16-11-15(5-6-20(16)31-7-9-35-10-8-31)32-23(29-30-25(32)34)18-12-17-19(27-28-22(14)17)13-21(18)36-24(33)26(2,3)4/h5-6,11-14H,7-10H2,1-4H3,(H,27,28)(H,30,34). The van der Waals surface area contributed by atoms with Crippen LogP contribution in [-0.4, -0.2) is 57.2 Å². The van der Waals surface area contributed by atoms with Crippen molar-refractivity contribution in [3.05, 3.63) is 52.1 Å². The quantitative estimate of drug-likeness (QED) is 0.328. The fourth-order valence-corrected chi connectivity index (χ4v) is 4.89. The number of morpholine rings is 1. The fourth-order valence-electron chi connectivity index (χ4n) is 4.89. The number of fused-ring (bicyclic) bond motifs is 6. The molecule has 1 saturated heterocycles. The minimum absolute atomic E-state index is 0.0484. The van der Waals surface area contributed by atoms with E-state index < -0.39 is 5.41 Å². The number of hydrogen-bond donors (Lipinski definition) is 2. The lowest BCUT2D eigenvalue weighted by molar-refractivity contribution is -0.142. The summed E-state index contributed by atoms with van der Waals surface area (Å²) < 4.78 is 12.9. The first kappa shape index (κ1) is 22.5. The monoisotopic (exact) mass is 488 g/mol. The van der Waals surface area contributed by atoms with Gasteiger partial charge in [-0.25, -0.2) is 14.5 Å². The van der Waals surface area contributed by atoms with Crippen molar-refractivity contribution in [1.29, 1.82) is 0 Å². The van der Waals surface area contributed by atoms with Crippen LogP contribution < -0.4 is 15.3 Å². The van der Waals surface area contributed by atoms with Crippen molar-refractivity contribution in [2.45, 2.75) is 33.6 Å². The summed E-state index contributed by atoms with van der Waals surface area (Å²) in [4.78, 5) is 28.1. The van der Waals surface area contributed by atoms with Crippen LogP contribution in [0.3, 0.4) is 0 Å². The molecule has 0 radical (unpaired) electrons. The molecule has 2 aliphatic heterocycles. The molecule has 4 aromatic rings. The molecule has 0 aliphatic carbocycles. The number of benzene rings is 2. The summed E-state index contributed by atoms with van der Waals surface area (Å²) in [5.74, 6) is 0.234. The lowest BCUT2D eigenvalue weighted by Crippen LogP contribution is -2.37. The van der Waals surface area contributed by atoms with Crippen molar-refractivity contribution >= 4 is 22.6 Å². The number of nitrogens with zero attached hydrogens (tertiary/aromatic N) is 4. The Morgan fingerprint density at radius 3 is 2.64 bits per heavy atom. The smallest absolute Gasteiger partial charge is 0.348 e. The van der Waals surface area contributed by atoms with Gasteiger partial charge in [0.15, 0.2) is 5.82 Å². The Morgan fingerprint density at radius 2 is 1.89 bits per heavy atom. The molecular weight excluding hydrogens is 460 g/mol. The average Bonchev–Trinajstić information content (AvgIpc) is 3.45.